The minimum atomic E-state index is -4.86. The molecule has 13 heteroatoms. The predicted octanol–water partition coefficient (Wildman–Crippen LogP) is 2.33. The van der Waals surface area contributed by atoms with E-state index in [9.17, 15) is 48.0 Å². The first-order valence-electron chi connectivity index (χ1n) is 14.2. The first kappa shape index (κ1) is 28.7. The van der Waals surface area contributed by atoms with Crippen molar-refractivity contribution < 1.29 is 48.0 Å². The number of aromatic hydroxyl groups is 1. The molecule has 0 spiro atoms. The maximum absolute atomic E-state index is 14.7. The van der Waals surface area contributed by atoms with Gasteiger partial charge in [0, 0.05) is 23.6 Å². The van der Waals surface area contributed by atoms with E-state index in [0.29, 0.717) is 38.8 Å². The summed E-state index contributed by atoms with van der Waals surface area (Å²) in [5.74, 6) is -8.72. The second-order valence-electron chi connectivity index (χ2n) is 11.9. The van der Waals surface area contributed by atoms with Gasteiger partial charge in [0.05, 0.1) is 17.2 Å². The molecular formula is C29H32F3N3O7. The molecular weight excluding hydrogens is 559 g/mol. The summed E-state index contributed by atoms with van der Waals surface area (Å²) in [6.45, 7) is 2.55. The fourth-order valence-electron chi connectivity index (χ4n) is 7.78. The average Bonchev–Trinajstić information content (AvgIpc) is 3.58. The molecule has 1 saturated heterocycles. The zero-order valence-electron chi connectivity index (χ0n) is 22.8. The van der Waals surface area contributed by atoms with Crippen LogP contribution < -0.4 is 11.1 Å². The molecule has 10 nitrogen and oxygen atoms in total. The highest BCUT2D eigenvalue weighted by atomic mass is 19.4. The average molecular weight is 592 g/mol. The van der Waals surface area contributed by atoms with Crippen molar-refractivity contribution in [3.8, 4) is 5.75 Å². The zero-order valence-corrected chi connectivity index (χ0v) is 22.8. The third-order valence-electron chi connectivity index (χ3n) is 9.66. The number of rotatable bonds is 5. The Labute approximate surface area is 238 Å². The number of carbonyl (C=O) groups is 3. The maximum Gasteiger partial charge on any atom is 0.417 e. The molecule has 4 aliphatic carbocycles. The molecule has 226 valence electrons. The monoisotopic (exact) mass is 591 g/mol. The van der Waals surface area contributed by atoms with Crippen LogP contribution in [0.4, 0.5) is 13.2 Å². The predicted molar refractivity (Wildman–Crippen MR) is 141 cm³/mol. The fraction of sp³-hybridized carbons (Fsp3) is 0.552. The van der Waals surface area contributed by atoms with Crippen molar-refractivity contribution in [2.24, 2.45) is 17.6 Å². The van der Waals surface area contributed by atoms with E-state index in [0.717, 1.165) is 6.07 Å². The number of carbonyl (C=O) groups excluding carboxylic acids is 3. The Morgan fingerprint density at radius 2 is 1.88 bits per heavy atom. The Bertz CT molecular complexity index is 1480. The number of alkyl halides is 3. The van der Waals surface area contributed by atoms with Crippen molar-refractivity contribution in [1.82, 2.24) is 10.2 Å². The van der Waals surface area contributed by atoms with Crippen molar-refractivity contribution in [2.75, 3.05) is 13.1 Å². The topological polar surface area (TPSA) is 173 Å². The van der Waals surface area contributed by atoms with Gasteiger partial charge in [-0.3, -0.25) is 19.3 Å². The van der Waals surface area contributed by atoms with Crippen LogP contribution in [0.5, 0.6) is 5.75 Å². The molecule has 7 N–H and O–H groups in total. The van der Waals surface area contributed by atoms with Gasteiger partial charge in [0.15, 0.2) is 11.4 Å². The van der Waals surface area contributed by atoms with Gasteiger partial charge < -0.3 is 31.5 Å². The van der Waals surface area contributed by atoms with E-state index in [1.807, 2.05) is 0 Å². The number of amides is 1. The number of hydrogen-bond donors (Lipinski definition) is 6. The van der Waals surface area contributed by atoms with Gasteiger partial charge in [-0.25, -0.2) is 0 Å². The van der Waals surface area contributed by atoms with Gasteiger partial charge >= 0.3 is 6.18 Å². The molecule has 0 bridgehead atoms. The lowest BCUT2D eigenvalue weighted by Gasteiger charge is -2.51. The van der Waals surface area contributed by atoms with Gasteiger partial charge in [0.25, 0.3) is 5.91 Å². The number of phenolic OH excluding ortho intramolecular Hbond substituents is 1. The van der Waals surface area contributed by atoms with E-state index in [4.69, 9.17) is 5.73 Å². The number of aliphatic hydroxyl groups is 3. The zero-order chi connectivity index (χ0) is 30.5. The van der Waals surface area contributed by atoms with Crippen LogP contribution in [-0.4, -0.2) is 73.6 Å². The Hall–Kier alpha value is -3.42. The quantitative estimate of drug-likeness (QED) is 0.281. The van der Waals surface area contributed by atoms with Crippen LogP contribution in [0, 0.1) is 11.8 Å². The second kappa shape index (κ2) is 9.55. The second-order valence-corrected chi connectivity index (χ2v) is 11.9. The van der Waals surface area contributed by atoms with Crippen LogP contribution in [0.3, 0.4) is 0 Å². The summed E-state index contributed by atoms with van der Waals surface area (Å²) in [4.78, 5) is 41.7. The molecule has 2 saturated carbocycles. The highest BCUT2D eigenvalue weighted by Crippen LogP contribution is 2.55. The number of nitrogens with zero attached hydrogens (tertiary/aromatic N) is 1. The van der Waals surface area contributed by atoms with Crippen LogP contribution in [-0.2, 0) is 27.0 Å². The van der Waals surface area contributed by atoms with Crippen LogP contribution in [0.15, 0.2) is 23.0 Å². The minimum Gasteiger partial charge on any atom is -0.508 e. The molecule has 1 aliphatic heterocycles. The lowest BCUT2D eigenvalue weighted by atomic mass is 9.57. The summed E-state index contributed by atoms with van der Waals surface area (Å²) in [7, 11) is 0. The number of nitrogens with one attached hydrogen (secondary N) is 1. The number of likely N-dealkylation sites (N-methyl/N-ethyl adjacent to an activating group) is 1. The summed E-state index contributed by atoms with van der Waals surface area (Å²) < 4.78 is 44.0. The van der Waals surface area contributed by atoms with Crippen LogP contribution in [0.1, 0.15) is 67.3 Å². The highest BCUT2D eigenvalue weighted by molar-refractivity contribution is 6.24. The largest absolute Gasteiger partial charge is 0.508 e. The molecule has 5 atom stereocenters. The summed E-state index contributed by atoms with van der Waals surface area (Å²) in [6, 6.07) is -1.08. The van der Waals surface area contributed by atoms with Crippen molar-refractivity contribution in [3.63, 3.8) is 0 Å². The van der Waals surface area contributed by atoms with Crippen molar-refractivity contribution in [2.45, 2.75) is 75.4 Å². The van der Waals surface area contributed by atoms with Gasteiger partial charge in [-0.05, 0) is 74.7 Å². The van der Waals surface area contributed by atoms with Gasteiger partial charge in [0.2, 0.25) is 5.78 Å². The molecule has 0 aromatic heterocycles. The summed E-state index contributed by atoms with van der Waals surface area (Å²) >= 11 is 0. The van der Waals surface area contributed by atoms with E-state index >= 15 is 0 Å². The van der Waals surface area contributed by atoms with Gasteiger partial charge in [0.1, 0.15) is 22.8 Å². The molecule has 5 aliphatic rings. The van der Waals surface area contributed by atoms with Crippen molar-refractivity contribution in [1.29, 1.82) is 0 Å². The molecule has 3 fully saturated rings. The lowest BCUT2D eigenvalue weighted by Crippen LogP contribution is -2.66. The molecule has 1 aromatic carbocycles. The fourth-order valence-corrected chi connectivity index (χ4v) is 7.78. The first-order valence-corrected chi connectivity index (χ1v) is 14.2. The van der Waals surface area contributed by atoms with E-state index in [2.05, 4.69) is 5.32 Å². The number of halogens is 3. The van der Waals surface area contributed by atoms with Gasteiger partial charge in [-0.15, -0.1) is 0 Å². The molecule has 42 heavy (non-hydrogen) atoms. The lowest BCUT2D eigenvalue weighted by molar-refractivity contribution is -0.155. The Kier molecular flexibility index (Phi) is 6.52. The summed E-state index contributed by atoms with van der Waals surface area (Å²) in [6.07, 6.45) is -3.06. The van der Waals surface area contributed by atoms with E-state index in [-0.39, 0.29) is 23.6 Å². The SMILES string of the molecule is CCN(C1CC1)[C@@H]1C(=O)C(C(N)=O)=C(O)[C@@]2(O)C(=O)C3=C(O)c4c(O)cc(C5CCCN5)c(C(F)(F)F)c4C[C@H]3C[C@@H]12. The maximum atomic E-state index is 14.7. The number of fused-ring (bicyclic) bond motifs is 3. The number of primary amides is 1. The summed E-state index contributed by atoms with van der Waals surface area (Å²) in [5.41, 5.74) is -0.938. The Morgan fingerprint density at radius 1 is 1.19 bits per heavy atom. The smallest absolute Gasteiger partial charge is 0.417 e. The number of aliphatic hydroxyl groups excluding tert-OH is 2. The summed E-state index contributed by atoms with van der Waals surface area (Å²) in [5, 5.41) is 48.2. The standard InChI is InChI=1S/C29H32F3N3O7/c1-2-35(12-5-6-12)22-15-9-11-8-14-19(17(36)10-13(16-4-3-7-34-16)21(14)29(30,31)32)23(37)18(11)25(39)28(15,42)26(40)20(24(22)38)27(33)41/h10-12,15-16,22,34,36-37,40,42H,2-9H2,1H3,(H2,33,41)/t11-,15-,16?,22-,28-/m0/s1. The molecule has 1 aromatic rings. The van der Waals surface area contributed by atoms with Crippen LogP contribution >= 0.6 is 0 Å². The third kappa shape index (κ3) is 3.93. The third-order valence-corrected chi connectivity index (χ3v) is 9.66. The number of nitrogens with two attached hydrogens (primary N) is 1. The Morgan fingerprint density at radius 3 is 2.43 bits per heavy atom. The van der Waals surface area contributed by atoms with E-state index < -0.39 is 99.1 Å². The van der Waals surface area contributed by atoms with Crippen LogP contribution in [0.25, 0.3) is 5.76 Å². The van der Waals surface area contributed by atoms with Crippen LogP contribution in [0.2, 0.25) is 0 Å². The van der Waals surface area contributed by atoms with E-state index in [1.54, 1.807) is 11.8 Å². The molecule has 1 unspecified atom stereocenters. The Balaban J connectivity index is 1.57. The highest BCUT2D eigenvalue weighted by Gasteiger charge is 2.65. The number of benzene rings is 1. The normalized spacial score (nSPS) is 31.4. The van der Waals surface area contributed by atoms with Crippen molar-refractivity contribution >= 4 is 23.2 Å². The molecule has 1 heterocycles. The molecule has 1 amide bonds. The van der Waals surface area contributed by atoms with Gasteiger partial charge in [-0.2, -0.15) is 13.2 Å². The van der Waals surface area contributed by atoms with E-state index in [1.165, 1.54) is 0 Å². The number of ketones is 2. The molecule has 0 radical (unpaired) electrons. The minimum absolute atomic E-state index is 0.0923. The van der Waals surface area contributed by atoms with Gasteiger partial charge in [-0.1, -0.05) is 6.92 Å². The van der Waals surface area contributed by atoms with Crippen molar-refractivity contribution in [3.05, 3.63) is 45.2 Å². The molecule has 6 rings (SSSR count). The first-order chi connectivity index (χ1) is 19.7. The number of Topliss-reactive ketones (excluding diaryl/α,β-unsaturated/α-hetero) is 2. The number of phenols is 1. The number of hydrogen-bond acceptors (Lipinski definition) is 9.